The van der Waals surface area contributed by atoms with Crippen molar-refractivity contribution in [2.45, 2.75) is 16.7 Å². The van der Waals surface area contributed by atoms with Crippen molar-refractivity contribution < 1.29 is 5.11 Å². The Morgan fingerprint density at radius 1 is 1.19 bits per heavy atom. The molecular formula is C11H9BrN2OS. The van der Waals surface area contributed by atoms with Gasteiger partial charge in [-0.1, -0.05) is 12.1 Å². The van der Waals surface area contributed by atoms with Crippen LogP contribution in [0.2, 0.25) is 0 Å². The molecule has 1 N–H and O–H groups in total. The number of aliphatic hydroxyl groups is 1. The van der Waals surface area contributed by atoms with Crippen molar-refractivity contribution in [3.63, 3.8) is 0 Å². The molecule has 0 radical (unpaired) electrons. The summed E-state index contributed by atoms with van der Waals surface area (Å²) in [6.07, 6.45) is 3.26. The van der Waals surface area contributed by atoms with Gasteiger partial charge in [-0.2, -0.15) is 0 Å². The minimum absolute atomic E-state index is 0.0278. The largest absolute Gasteiger partial charge is 0.392 e. The quantitative estimate of drug-likeness (QED) is 0.885. The van der Waals surface area contributed by atoms with Crippen molar-refractivity contribution in [1.29, 1.82) is 0 Å². The van der Waals surface area contributed by atoms with Crippen molar-refractivity contribution in [3.05, 3.63) is 46.7 Å². The van der Waals surface area contributed by atoms with E-state index in [1.165, 1.54) is 11.8 Å². The van der Waals surface area contributed by atoms with E-state index in [0.29, 0.717) is 5.16 Å². The van der Waals surface area contributed by atoms with Crippen LogP contribution in [0.5, 0.6) is 0 Å². The van der Waals surface area contributed by atoms with E-state index >= 15 is 0 Å². The standard InChI is InChI=1S/C11H9BrN2OS/c12-9-3-1-2-4-10(9)16-11-13-5-8(7-15)6-14-11/h1-6,15H,7H2. The Kier molecular flexibility index (Phi) is 3.93. The summed E-state index contributed by atoms with van der Waals surface area (Å²) in [5, 5.41) is 9.54. The number of rotatable bonds is 3. The van der Waals surface area contributed by atoms with Gasteiger partial charge in [0.15, 0.2) is 5.16 Å². The maximum Gasteiger partial charge on any atom is 0.192 e. The molecule has 0 spiro atoms. The van der Waals surface area contributed by atoms with Crippen LogP contribution in [0.1, 0.15) is 5.56 Å². The second-order valence-corrected chi connectivity index (χ2v) is 4.93. The molecule has 0 fully saturated rings. The highest BCUT2D eigenvalue weighted by Gasteiger charge is 2.03. The van der Waals surface area contributed by atoms with Crippen LogP contribution in [0.15, 0.2) is 51.2 Å². The summed E-state index contributed by atoms with van der Waals surface area (Å²) < 4.78 is 1.02. The number of halogens is 1. The predicted molar refractivity (Wildman–Crippen MR) is 66.2 cm³/mol. The third-order valence-electron chi connectivity index (χ3n) is 1.90. The summed E-state index contributed by atoms with van der Waals surface area (Å²) in [4.78, 5) is 9.38. The van der Waals surface area contributed by atoms with Crippen LogP contribution in [0.4, 0.5) is 0 Å². The van der Waals surface area contributed by atoms with Crippen molar-refractivity contribution in [3.8, 4) is 0 Å². The maximum atomic E-state index is 8.87. The Morgan fingerprint density at radius 2 is 1.88 bits per heavy atom. The van der Waals surface area contributed by atoms with Crippen molar-refractivity contribution >= 4 is 27.7 Å². The highest BCUT2D eigenvalue weighted by atomic mass is 79.9. The average molecular weight is 297 g/mol. The maximum absolute atomic E-state index is 8.87. The molecule has 0 aliphatic carbocycles. The summed E-state index contributed by atoms with van der Waals surface area (Å²) in [5.74, 6) is 0. The van der Waals surface area contributed by atoms with Gasteiger partial charge in [0.25, 0.3) is 0 Å². The molecule has 1 aromatic heterocycles. The molecule has 2 aromatic rings. The normalized spacial score (nSPS) is 10.4. The highest BCUT2D eigenvalue weighted by Crippen LogP contribution is 2.30. The van der Waals surface area contributed by atoms with Gasteiger partial charge in [0.2, 0.25) is 0 Å². The first-order chi connectivity index (χ1) is 7.79. The third kappa shape index (κ3) is 2.81. The Morgan fingerprint density at radius 3 is 2.50 bits per heavy atom. The van der Waals surface area contributed by atoms with Crippen LogP contribution in [0, 0.1) is 0 Å². The molecule has 0 amide bonds. The highest BCUT2D eigenvalue weighted by molar-refractivity contribution is 9.10. The van der Waals surface area contributed by atoms with Crippen molar-refractivity contribution in [2.24, 2.45) is 0 Å². The van der Waals surface area contributed by atoms with E-state index in [1.54, 1.807) is 12.4 Å². The van der Waals surface area contributed by atoms with Gasteiger partial charge in [-0.15, -0.1) is 0 Å². The molecule has 1 heterocycles. The lowest BCUT2D eigenvalue weighted by atomic mass is 10.4. The predicted octanol–water partition coefficient (Wildman–Crippen LogP) is 2.88. The van der Waals surface area contributed by atoms with E-state index in [1.807, 2.05) is 24.3 Å². The fourth-order valence-corrected chi connectivity index (χ4v) is 2.35. The first kappa shape index (κ1) is 11.6. The SMILES string of the molecule is OCc1cnc(Sc2ccccc2Br)nc1. The van der Waals surface area contributed by atoms with E-state index in [9.17, 15) is 0 Å². The van der Waals surface area contributed by atoms with E-state index in [4.69, 9.17) is 5.11 Å². The molecule has 0 saturated carbocycles. The fourth-order valence-electron chi connectivity index (χ4n) is 1.10. The molecule has 0 aliphatic heterocycles. The summed E-state index contributed by atoms with van der Waals surface area (Å²) >= 11 is 4.95. The Balaban J connectivity index is 2.18. The molecule has 0 bridgehead atoms. The van der Waals surface area contributed by atoms with Crippen molar-refractivity contribution in [1.82, 2.24) is 9.97 Å². The zero-order valence-corrected chi connectivity index (χ0v) is 10.7. The van der Waals surface area contributed by atoms with Gasteiger partial charge in [0, 0.05) is 27.3 Å². The van der Waals surface area contributed by atoms with Crippen molar-refractivity contribution in [2.75, 3.05) is 0 Å². The second-order valence-electron chi connectivity index (χ2n) is 3.06. The van der Waals surface area contributed by atoms with Gasteiger partial charge >= 0.3 is 0 Å². The minimum Gasteiger partial charge on any atom is -0.392 e. The minimum atomic E-state index is -0.0278. The third-order valence-corrected chi connectivity index (χ3v) is 3.83. The number of hydrogen-bond acceptors (Lipinski definition) is 4. The molecular weight excluding hydrogens is 288 g/mol. The molecule has 1 aromatic carbocycles. The molecule has 16 heavy (non-hydrogen) atoms. The van der Waals surface area contributed by atoms with E-state index in [2.05, 4.69) is 25.9 Å². The number of hydrogen-bond donors (Lipinski definition) is 1. The number of nitrogens with zero attached hydrogens (tertiary/aromatic N) is 2. The molecule has 0 aliphatic rings. The van der Waals surface area contributed by atoms with Gasteiger partial charge in [-0.05, 0) is 39.8 Å². The van der Waals surface area contributed by atoms with Crippen LogP contribution < -0.4 is 0 Å². The van der Waals surface area contributed by atoms with Crippen LogP contribution >= 0.6 is 27.7 Å². The molecule has 0 saturated heterocycles. The number of aromatic nitrogens is 2. The first-order valence-electron chi connectivity index (χ1n) is 4.64. The van der Waals surface area contributed by atoms with Crippen LogP contribution in [-0.2, 0) is 6.61 Å². The Bertz CT molecular complexity index is 476. The molecule has 0 unspecified atom stereocenters. The monoisotopic (exact) mass is 296 g/mol. The van der Waals surface area contributed by atoms with Gasteiger partial charge in [-0.25, -0.2) is 9.97 Å². The summed E-state index contributed by atoms with van der Waals surface area (Å²) in [6.45, 7) is -0.0278. The van der Waals surface area contributed by atoms with Crippen LogP contribution in [-0.4, -0.2) is 15.1 Å². The smallest absolute Gasteiger partial charge is 0.192 e. The Labute approximate surface area is 106 Å². The van der Waals surface area contributed by atoms with Gasteiger partial charge in [-0.3, -0.25) is 0 Å². The van der Waals surface area contributed by atoms with Crippen LogP contribution in [0.3, 0.4) is 0 Å². The van der Waals surface area contributed by atoms with E-state index in [-0.39, 0.29) is 6.61 Å². The second kappa shape index (κ2) is 5.43. The molecule has 82 valence electrons. The molecule has 5 heteroatoms. The first-order valence-corrected chi connectivity index (χ1v) is 6.24. The lowest BCUT2D eigenvalue weighted by molar-refractivity contribution is 0.280. The zero-order valence-electron chi connectivity index (χ0n) is 8.30. The molecule has 2 rings (SSSR count). The number of aliphatic hydroxyl groups excluding tert-OH is 1. The lowest BCUT2D eigenvalue weighted by Crippen LogP contribution is -1.90. The number of benzene rings is 1. The van der Waals surface area contributed by atoms with Crippen LogP contribution in [0.25, 0.3) is 0 Å². The molecule has 3 nitrogen and oxygen atoms in total. The topological polar surface area (TPSA) is 46.0 Å². The van der Waals surface area contributed by atoms with Gasteiger partial charge in [0.05, 0.1) is 6.61 Å². The zero-order chi connectivity index (χ0) is 11.4. The fraction of sp³-hybridized carbons (Fsp3) is 0.0909. The lowest BCUT2D eigenvalue weighted by Gasteiger charge is -2.02. The van der Waals surface area contributed by atoms with E-state index in [0.717, 1.165) is 14.9 Å². The summed E-state index contributed by atoms with van der Waals surface area (Å²) in [5.41, 5.74) is 0.719. The van der Waals surface area contributed by atoms with Gasteiger partial charge in [0.1, 0.15) is 0 Å². The van der Waals surface area contributed by atoms with Gasteiger partial charge < -0.3 is 5.11 Å². The average Bonchev–Trinajstić information content (AvgIpc) is 2.33. The van der Waals surface area contributed by atoms with E-state index < -0.39 is 0 Å². The summed E-state index contributed by atoms with van der Waals surface area (Å²) in [6, 6.07) is 7.90. The molecule has 0 atom stereocenters. The summed E-state index contributed by atoms with van der Waals surface area (Å²) in [7, 11) is 0. The Hall–Kier alpha value is -0.910.